The summed E-state index contributed by atoms with van der Waals surface area (Å²) in [6.45, 7) is 6.16. The molecule has 3 N–H and O–H groups in total. The van der Waals surface area contributed by atoms with Gasteiger partial charge in [-0.3, -0.25) is 15.0 Å². The number of phenols is 1. The van der Waals surface area contributed by atoms with Gasteiger partial charge in [-0.05, 0) is 81.5 Å². The largest absolute Gasteiger partial charge is 0.508 e. The zero-order chi connectivity index (χ0) is 32.1. The summed E-state index contributed by atoms with van der Waals surface area (Å²) in [5.41, 5.74) is 1.68. The van der Waals surface area contributed by atoms with Gasteiger partial charge in [0.1, 0.15) is 17.2 Å². The molecule has 2 heterocycles. The van der Waals surface area contributed by atoms with Crippen LogP contribution in [0.4, 0.5) is 27.6 Å². The number of aromatic hydroxyl groups is 1. The molecule has 0 aliphatic heterocycles. The van der Waals surface area contributed by atoms with Crippen LogP contribution in [-0.4, -0.2) is 49.4 Å². The van der Waals surface area contributed by atoms with Crippen LogP contribution in [0.5, 0.6) is 5.75 Å². The molecular weight excluding hydrogens is 573 g/mol. The molecule has 0 saturated heterocycles. The summed E-state index contributed by atoms with van der Waals surface area (Å²) in [6, 6.07) is 7.64. The molecule has 8 nitrogen and oxygen atoms in total. The molecule has 228 valence electrons. The number of carbonyl (C=O) groups is 2. The van der Waals surface area contributed by atoms with Crippen molar-refractivity contribution in [2.24, 2.45) is 0 Å². The van der Waals surface area contributed by atoms with Crippen LogP contribution >= 0.6 is 0 Å². The van der Waals surface area contributed by atoms with Crippen molar-refractivity contribution in [3.05, 3.63) is 82.0 Å². The first-order chi connectivity index (χ1) is 20.1. The number of nitrogens with one attached hydrogen (secondary N) is 2. The average Bonchev–Trinajstić information content (AvgIpc) is 3.35. The van der Waals surface area contributed by atoms with Crippen LogP contribution in [0.25, 0.3) is 5.82 Å². The van der Waals surface area contributed by atoms with Gasteiger partial charge in [-0.15, -0.1) is 5.73 Å². The molecular formula is C30H30F5N5O3. The maximum Gasteiger partial charge on any atom is 0.459 e. The van der Waals surface area contributed by atoms with E-state index in [0.29, 0.717) is 29.1 Å². The summed E-state index contributed by atoms with van der Waals surface area (Å²) >= 11 is 0. The van der Waals surface area contributed by atoms with Crippen LogP contribution in [-0.2, 0) is 6.42 Å². The summed E-state index contributed by atoms with van der Waals surface area (Å²) in [5.74, 6) is -5.98. The van der Waals surface area contributed by atoms with Crippen LogP contribution in [0.15, 0.2) is 53.9 Å². The number of nitrogens with zero attached hydrogens (tertiary/aromatic N) is 3. The maximum absolute atomic E-state index is 13.6. The van der Waals surface area contributed by atoms with Crippen molar-refractivity contribution in [2.75, 3.05) is 5.32 Å². The van der Waals surface area contributed by atoms with Gasteiger partial charge in [-0.1, -0.05) is 13.0 Å². The normalized spacial score (nSPS) is 11.6. The molecule has 0 radical (unpaired) electrons. The number of benzene rings is 1. The number of pyridine rings is 1. The first-order valence-electron chi connectivity index (χ1n) is 13.2. The topological polar surface area (TPSA) is 121 Å². The highest BCUT2D eigenvalue weighted by molar-refractivity contribution is 6.10. The number of hydrogen-bond acceptors (Lipinski definition) is 6. The molecule has 43 heavy (non-hydrogen) atoms. The first kappa shape index (κ1) is 32.9. The van der Waals surface area contributed by atoms with Crippen molar-refractivity contribution in [1.82, 2.24) is 14.8 Å². The second-order valence-corrected chi connectivity index (χ2v) is 9.85. The van der Waals surface area contributed by atoms with E-state index in [1.807, 2.05) is 6.92 Å². The van der Waals surface area contributed by atoms with Crippen molar-refractivity contribution >= 4 is 23.1 Å². The number of anilines is 1. The highest BCUT2D eigenvalue weighted by Gasteiger charge is 2.61. The van der Waals surface area contributed by atoms with E-state index < -0.39 is 29.3 Å². The number of hydrogen-bond donors (Lipinski definition) is 3. The molecule has 2 aromatic heterocycles. The van der Waals surface area contributed by atoms with Gasteiger partial charge >= 0.3 is 12.1 Å². The predicted octanol–water partition coefficient (Wildman–Crippen LogP) is 7.08. The Morgan fingerprint density at radius 1 is 1.14 bits per heavy atom. The average molecular weight is 604 g/mol. The van der Waals surface area contributed by atoms with Crippen LogP contribution in [0.1, 0.15) is 70.8 Å². The number of aromatic nitrogens is 3. The molecule has 3 rings (SSSR count). The van der Waals surface area contributed by atoms with Gasteiger partial charge in [0.2, 0.25) is 0 Å². The fourth-order valence-corrected chi connectivity index (χ4v) is 4.16. The van der Waals surface area contributed by atoms with E-state index in [1.165, 1.54) is 35.2 Å². The van der Waals surface area contributed by atoms with Gasteiger partial charge in [-0.2, -0.15) is 27.1 Å². The zero-order valence-electron chi connectivity index (χ0n) is 23.9. The molecule has 0 unspecified atom stereocenters. The molecule has 0 aliphatic carbocycles. The summed E-state index contributed by atoms with van der Waals surface area (Å²) in [5, 5.41) is 24.5. The summed E-state index contributed by atoms with van der Waals surface area (Å²) in [7, 11) is 0. The van der Waals surface area contributed by atoms with E-state index >= 15 is 0 Å². The lowest BCUT2D eigenvalue weighted by atomic mass is 10.0. The number of allylic oxidation sites excluding steroid dienone is 1. The second kappa shape index (κ2) is 13.1. The fraction of sp³-hybridized carbons (Fsp3) is 0.333. The van der Waals surface area contributed by atoms with Gasteiger partial charge in [0.05, 0.1) is 11.4 Å². The summed E-state index contributed by atoms with van der Waals surface area (Å²) in [4.78, 5) is 30.7. The molecule has 0 saturated carbocycles. The van der Waals surface area contributed by atoms with Crippen molar-refractivity contribution in [1.29, 1.82) is 5.41 Å². The molecule has 0 atom stereocenters. The van der Waals surface area contributed by atoms with E-state index in [2.05, 4.69) is 21.1 Å². The lowest BCUT2D eigenvalue weighted by Gasteiger charge is -2.19. The van der Waals surface area contributed by atoms with E-state index in [0.717, 1.165) is 6.92 Å². The van der Waals surface area contributed by atoms with Crippen LogP contribution < -0.4 is 5.32 Å². The summed E-state index contributed by atoms with van der Waals surface area (Å²) < 4.78 is 66.0. The highest BCUT2D eigenvalue weighted by Crippen LogP contribution is 2.37. The smallest absolute Gasteiger partial charge is 0.459 e. The first-order valence-corrected chi connectivity index (χ1v) is 13.2. The van der Waals surface area contributed by atoms with Gasteiger partial charge in [0.25, 0.3) is 5.91 Å². The number of halogens is 5. The zero-order valence-corrected chi connectivity index (χ0v) is 23.9. The molecule has 0 fully saturated rings. The molecule has 1 amide bonds. The number of amides is 1. The summed E-state index contributed by atoms with van der Waals surface area (Å²) in [6.07, 6.45) is -2.18. The third kappa shape index (κ3) is 7.42. The lowest BCUT2D eigenvalue weighted by Crippen LogP contribution is -2.44. The Bertz CT molecular complexity index is 1620. The Morgan fingerprint density at radius 2 is 1.84 bits per heavy atom. The number of alkyl halides is 5. The van der Waals surface area contributed by atoms with Crippen molar-refractivity contribution in [2.45, 2.75) is 65.5 Å². The minimum Gasteiger partial charge on any atom is -0.508 e. The van der Waals surface area contributed by atoms with Crippen LogP contribution in [0, 0.1) is 19.3 Å². The van der Waals surface area contributed by atoms with Gasteiger partial charge in [-0.25, -0.2) is 9.67 Å². The number of ketones is 1. The third-order valence-corrected chi connectivity index (χ3v) is 6.42. The van der Waals surface area contributed by atoms with Gasteiger partial charge < -0.3 is 10.4 Å². The Labute approximate surface area is 244 Å². The number of phenolic OH excluding ortho intramolecular Hbond substituents is 1. The van der Waals surface area contributed by atoms with E-state index in [-0.39, 0.29) is 47.7 Å². The van der Waals surface area contributed by atoms with E-state index in [4.69, 9.17) is 5.41 Å². The Morgan fingerprint density at radius 3 is 2.47 bits per heavy atom. The van der Waals surface area contributed by atoms with Crippen LogP contribution in [0.3, 0.4) is 0 Å². The molecule has 1 aromatic carbocycles. The Hall–Kier alpha value is -4.64. The second-order valence-electron chi connectivity index (χ2n) is 9.85. The lowest BCUT2D eigenvalue weighted by molar-refractivity contribution is -0.249. The van der Waals surface area contributed by atoms with Gasteiger partial charge in [0, 0.05) is 23.8 Å². The van der Waals surface area contributed by atoms with Crippen molar-refractivity contribution in [3.8, 4) is 11.6 Å². The quantitative estimate of drug-likeness (QED) is 0.0712. The number of aryl methyl sites for hydroxylation is 3. The van der Waals surface area contributed by atoms with Crippen LogP contribution in [0.2, 0.25) is 0 Å². The molecule has 13 heteroatoms. The monoisotopic (exact) mass is 603 g/mol. The predicted molar refractivity (Wildman–Crippen MR) is 150 cm³/mol. The van der Waals surface area contributed by atoms with E-state index in [9.17, 15) is 36.6 Å². The molecule has 0 spiro atoms. The Kier molecular flexibility index (Phi) is 10.0. The van der Waals surface area contributed by atoms with Crippen molar-refractivity contribution in [3.63, 3.8) is 0 Å². The SMILES string of the molecule is CCCC(=O)c1cc(O)cc(C)c1NC(=O)c1cc(CCC=C=C(C)C(=N)C(F)(F)C(F)(F)F)nn1-c1ncccc1C. The molecule has 3 aromatic rings. The third-order valence-electron chi connectivity index (χ3n) is 6.42. The minimum absolute atomic E-state index is 0.0560. The fourth-order valence-electron chi connectivity index (χ4n) is 4.16. The standard InChI is InChI=1S/C30H30F5N5O3/c1-5-9-24(42)22-16-21(41)14-19(4)25(22)38-28(43)23-15-20(39-40(23)27-18(3)11-8-13-37-27)12-7-6-10-17(2)26(36)29(31,32)30(33,34)35/h6,8,11,13-16,36,41H,5,7,9,12H2,1-4H3,(H,38,43). The number of Topliss-reactive ketones (excluding diaryl/α,β-unsaturated/α-hetero) is 1. The number of carbonyl (C=O) groups excluding carboxylic acids is 2. The number of rotatable bonds is 11. The highest BCUT2D eigenvalue weighted by atomic mass is 19.4. The molecule has 0 aliphatic rings. The minimum atomic E-state index is -5.90. The molecule has 0 bridgehead atoms. The van der Waals surface area contributed by atoms with E-state index in [1.54, 1.807) is 26.0 Å². The Balaban J connectivity index is 1.95. The van der Waals surface area contributed by atoms with Crippen molar-refractivity contribution < 1.29 is 36.6 Å². The van der Waals surface area contributed by atoms with Gasteiger partial charge in [0.15, 0.2) is 11.6 Å². The maximum atomic E-state index is 13.6.